The van der Waals surface area contributed by atoms with Crippen molar-refractivity contribution in [2.75, 3.05) is 6.61 Å². The lowest BCUT2D eigenvalue weighted by molar-refractivity contribution is -0.230. The molecule has 0 N–H and O–H groups in total. The maximum atomic E-state index is 12.9. The lowest BCUT2D eigenvalue weighted by Gasteiger charge is -2.28. The van der Waals surface area contributed by atoms with E-state index >= 15 is 0 Å². The number of rotatable bonds is 4. The van der Waals surface area contributed by atoms with E-state index in [9.17, 15) is 8.42 Å². The minimum absolute atomic E-state index is 0.0717. The molecule has 156 valence electrons. The van der Waals surface area contributed by atoms with Gasteiger partial charge in [-0.15, -0.1) is 0 Å². The summed E-state index contributed by atoms with van der Waals surface area (Å²) in [6.45, 7) is 9.20. The fraction of sp³-hybridized carbons (Fsp3) is 0.684. The van der Waals surface area contributed by atoms with Gasteiger partial charge in [0.1, 0.15) is 24.4 Å². The van der Waals surface area contributed by atoms with Crippen LogP contribution in [0.4, 0.5) is 0 Å². The summed E-state index contributed by atoms with van der Waals surface area (Å²) in [7, 11) is -4.04. The summed E-state index contributed by atoms with van der Waals surface area (Å²) in [5.41, 5.74) is 0.953. The van der Waals surface area contributed by atoms with Crippen molar-refractivity contribution < 1.29 is 36.3 Å². The number of aryl methyl sites for hydroxylation is 1. The molecule has 4 rings (SSSR count). The van der Waals surface area contributed by atoms with Crippen LogP contribution in [0, 0.1) is 6.92 Å². The summed E-state index contributed by atoms with van der Waals surface area (Å²) >= 11 is 0. The molecule has 1 aromatic carbocycles. The molecule has 9 heteroatoms. The summed E-state index contributed by atoms with van der Waals surface area (Å²) < 4.78 is 60.5. The zero-order valence-corrected chi connectivity index (χ0v) is 17.4. The Morgan fingerprint density at radius 2 is 1.64 bits per heavy atom. The highest BCUT2D eigenvalue weighted by molar-refractivity contribution is 7.86. The molecule has 0 aromatic heterocycles. The van der Waals surface area contributed by atoms with Crippen molar-refractivity contribution in [3.63, 3.8) is 0 Å². The zero-order chi connectivity index (χ0) is 20.3. The zero-order valence-electron chi connectivity index (χ0n) is 16.6. The Labute approximate surface area is 165 Å². The van der Waals surface area contributed by atoms with Gasteiger partial charge in [-0.25, -0.2) is 0 Å². The fourth-order valence-corrected chi connectivity index (χ4v) is 4.79. The average molecular weight is 414 g/mol. The van der Waals surface area contributed by atoms with E-state index in [4.69, 9.17) is 27.9 Å². The molecule has 0 amide bonds. The first-order chi connectivity index (χ1) is 13.0. The molecule has 5 atom stereocenters. The van der Waals surface area contributed by atoms with Gasteiger partial charge in [0.15, 0.2) is 17.9 Å². The monoisotopic (exact) mass is 414 g/mol. The fourth-order valence-electron chi connectivity index (χ4n) is 3.70. The molecule has 1 aromatic rings. The van der Waals surface area contributed by atoms with Crippen molar-refractivity contribution in [3.05, 3.63) is 29.8 Å². The predicted octanol–water partition coefficient (Wildman–Crippen LogP) is 2.10. The van der Waals surface area contributed by atoms with Crippen LogP contribution < -0.4 is 0 Å². The first-order valence-electron chi connectivity index (χ1n) is 9.29. The standard InChI is InChI=1S/C19H26O8S/c1-11-6-8-12(9-7-11)28(20,21)27-15-14(13-10-22-18(2,3)24-13)23-17-16(15)25-19(4,5)26-17/h6-9,13-17H,10H2,1-5H3/t13-,14+,15+,16+,17+/m0/s1. The highest BCUT2D eigenvalue weighted by Gasteiger charge is 2.60. The Bertz CT molecular complexity index is 832. The summed E-state index contributed by atoms with van der Waals surface area (Å²) in [6.07, 6.45) is -3.60. The van der Waals surface area contributed by atoms with E-state index in [0.29, 0.717) is 0 Å². The summed E-state index contributed by atoms with van der Waals surface area (Å²) in [6, 6.07) is 6.47. The third-order valence-corrected chi connectivity index (χ3v) is 6.30. The van der Waals surface area contributed by atoms with Crippen LogP contribution in [0.2, 0.25) is 0 Å². The van der Waals surface area contributed by atoms with Crippen molar-refractivity contribution in [2.24, 2.45) is 0 Å². The highest BCUT2D eigenvalue weighted by atomic mass is 32.2. The van der Waals surface area contributed by atoms with Crippen molar-refractivity contribution in [3.8, 4) is 0 Å². The second-order valence-corrected chi connectivity index (χ2v) is 9.84. The van der Waals surface area contributed by atoms with E-state index in [0.717, 1.165) is 5.56 Å². The molecule has 3 aliphatic rings. The average Bonchev–Trinajstić information content (AvgIpc) is 3.18. The van der Waals surface area contributed by atoms with Gasteiger partial charge in [-0.1, -0.05) is 17.7 Å². The number of hydrogen-bond donors (Lipinski definition) is 0. The van der Waals surface area contributed by atoms with Crippen LogP contribution in [-0.2, 0) is 38.0 Å². The van der Waals surface area contributed by atoms with Gasteiger partial charge in [0.05, 0.1) is 11.5 Å². The number of hydrogen-bond acceptors (Lipinski definition) is 8. The lowest BCUT2D eigenvalue weighted by Crippen LogP contribution is -2.45. The first kappa shape index (κ1) is 20.2. The second-order valence-electron chi connectivity index (χ2n) is 8.26. The van der Waals surface area contributed by atoms with Crippen molar-refractivity contribution in [2.45, 2.75) is 81.8 Å². The van der Waals surface area contributed by atoms with E-state index in [1.165, 1.54) is 12.1 Å². The molecule has 8 nitrogen and oxygen atoms in total. The highest BCUT2D eigenvalue weighted by Crippen LogP contribution is 2.42. The first-order valence-corrected chi connectivity index (χ1v) is 10.7. The molecule has 0 saturated carbocycles. The summed E-state index contributed by atoms with van der Waals surface area (Å²) in [4.78, 5) is 0.0717. The van der Waals surface area contributed by atoms with E-state index in [1.54, 1.807) is 39.8 Å². The smallest absolute Gasteiger partial charge is 0.297 e. The largest absolute Gasteiger partial charge is 0.348 e. The molecule has 0 spiro atoms. The minimum atomic E-state index is -4.04. The van der Waals surface area contributed by atoms with Crippen LogP contribution in [0.25, 0.3) is 0 Å². The minimum Gasteiger partial charge on any atom is -0.348 e. The molecule has 3 fully saturated rings. The molecule has 3 aliphatic heterocycles. The Kier molecular flexibility index (Phi) is 4.86. The molecular formula is C19H26O8S. The van der Waals surface area contributed by atoms with Gasteiger partial charge in [-0.2, -0.15) is 8.42 Å². The van der Waals surface area contributed by atoms with Gasteiger partial charge in [0, 0.05) is 0 Å². The molecule has 3 heterocycles. The molecule has 0 bridgehead atoms. The summed E-state index contributed by atoms with van der Waals surface area (Å²) in [5.74, 6) is -1.69. The van der Waals surface area contributed by atoms with Gasteiger partial charge in [-0.05, 0) is 46.8 Å². The maximum Gasteiger partial charge on any atom is 0.297 e. The van der Waals surface area contributed by atoms with Crippen LogP contribution in [0.1, 0.15) is 33.3 Å². The molecule has 0 radical (unpaired) electrons. The summed E-state index contributed by atoms with van der Waals surface area (Å²) in [5, 5.41) is 0. The second kappa shape index (κ2) is 6.73. The molecule has 0 unspecified atom stereocenters. The van der Waals surface area contributed by atoms with Crippen molar-refractivity contribution in [1.29, 1.82) is 0 Å². The quantitative estimate of drug-likeness (QED) is 0.692. The van der Waals surface area contributed by atoms with Crippen LogP contribution in [0.3, 0.4) is 0 Å². The van der Waals surface area contributed by atoms with Crippen LogP contribution in [-0.4, -0.2) is 57.3 Å². The third kappa shape index (κ3) is 3.85. The maximum absolute atomic E-state index is 12.9. The van der Waals surface area contributed by atoms with E-state index < -0.39 is 52.4 Å². The SMILES string of the molecule is Cc1ccc(S(=O)(=O)O[C@H]2[C@H]3OC(C)(C)O[C@H]3O[C@@H]2[C@@H]2COC(C)(C)O2)cc1. The Hall–Kier alpha value is -1.07. The topological polar surface area (TPSA) is 89.5 Å². The van der Waals surface area contributed by atoms with Gasteiger partial charge >= 0.3 is 0 Å². The van der Waals surface area contributed by atoms with E-state index in [2.05, 4.69) is 0 Å². The third-order valence-electron chi connectivity index (χ3n) is 4.97. The van der Waals surface area contributed by atoms with E-state index in [-0.39, 0.29) is 11.5 Å². The number of ether oxygens (including phenoxy) is 5. The van der Waals surface area contributed by atoms with Gasteiger partial charge in [0.25, 0.3) is 10.1 Å². The van der Waals surface area contributed by atoms with Gasteiger partial charge in [-0.3, -0.25) is 4.18 Å². The predicted molar refractivity (Wildman–Crippen MR) is 96.8 cm³/mol. The molecule has 0 aliphatic carbocycles. The van der Waals surface area contributed by atoms with Gasteiger partial charge in [0.2, 0.25) is 0 Å². The van der Waals surface area contributed by atoms with Crippen molar-refractivity contribution >= 4 is 10.1 Å². The Balaban J connectivity index is 1.61. The van der Waals surface area contributed by atoms with Crippen LogP contribution in [0.15, 0.2) is 29.2 Å². The van der Waals surface area contributed by atoms with Gasteiger partial charge < -0.3 is 23.7 Å². The van der Waals surface area contributed by atoms with Crippen LogP contribution >= 0.6 is 0 Å². The van der Waals surface area contributed by atoms with Crippen molar-refractivity contribution in [1.82, 2.24) is 0 Å². The number of fused-ring (bicyclic) bond motifs is 1. The normalized spacial score (nSPS) is 36.5. The van der Waals surface area contributed by atoms with E-state index in [1.807, 2.05) is 6.92 Å². The molecule has 28 heavy (non-hydrogen) atoms. The number of benzene rings is 1. The Morgan fingerprint density at radius 1 is 0.964 bits per heavy atom. The lowest BCUT2D eigenvalue weighted by atomic mass is 10.1. The van der Waals surface area contributed by atoms with Crippen LogP contribution in [0.5, 0.6) is 0 Å². The Morgan fingerprint density at radius 3 is 2.25 bits per heavy atom. The molecular weight excluding hydrogens is 388 g/mol. The molecule has 3 saturated heterocycles.